The van der Waals surface area contributed by atoms with E-state index in [0.717, 1.165) is 43.1 Å². The van der Waals surface area contributed by atoms with Crippen molar-refractivity contribution < 1.29 is 9.59 Å². The number of halogens is 1. The molecule has 5 nitrogen and oxygen atoms in total. The molecule has 2 amide bonds. The van der Waals surface area contributed by atoms with Gasteiger partial charge >= 0.3 is 0 Å². The van der Waals surface area contributed by atoms with Gasteiger partial charge < -0.3 is 15.1 Å². The van der Waals surface area contributed by atoms with Crippen molar-refractivity contribution in [1.82, 2.24) is 10.2 Å². The highest BCUT2D eigenvalue weighted by molar-refractivity contribution is 8.00. The van der Waals surface area contributed by atoms with E-state index < -0.39 is 0 Å². The van der Waals surface area contributed by atoms with Gasteiger partial charge in [0.15, 0.2) is 0 Å². The Balaban J connectivity index is 0.00000208. The minimum absolute atomic E-state index is 0. The van der Waals surface area contributed by atoms with Crippen LogP contribution in [0, 0.1) is 0 Å². The number of anilines is 1. The lowest BCUT2D eigenvalue weighted by Gasteiger charge is -2.33. The van der Waals surface area contributed by atoms with Crippen molar-refractivity contribution in [3.63, 3.8) is 0 Å². The second-order valence-electron chi connectivity index (χ2n) is 5.97. The van der Waals surface area contributed by atoms with E-state index in [4.69, 9.17) is 0 Å². The number of para-hydroxylation sites is 1. The SMILES string of the molecule is CCCN(C(=O)CN1C(=O)CSc2ccccc21)C1CCNC1.Cl. The van der Waals surface area contributed by atoms with Crippen molar-refractivity contribution in [3.05, 3.63) is 24.3 Å². The number of carbonyl (C=O) groups excluding carboxylic acids is 2. The van der Waals surface area contributed by atoms with Crippen molar-refractivity contribution in [2.45, 2.75) is 30.7 Å². The van der Waals surface area contributed by atoms with Gasteiger partial charge in [0.1, 0.15) is 6.54 Å². The maximum atomic E-state index is 12.8. The van der Waals surface area contributed by atoms with Crippen LogP contribution in [0.15, 0.2) is 29.2 Å². The summed E-state index contributed by atoms with van der Waals surface area (Å²) in [7, 11) is 0. The van der Waals surface area contributed by atoms with Crippen LogP contribution in [0.3, 0.4) is 0 Å². The molecule has 3 rings (SSSR count). The first-order chi connectivity index (χ1) is 11.2. The van der Waals surface area contributed by atoms with Gasteiger partial charge in [-0.2, -0.15) is 0 Å². The molecule has 0 radical (unpaired) electrons. The summed E-state index contributed by atoms with van der Waals surface area (Å²) in [4.78, 5) is 29.8. The van der Waals surface area contributed by atoms with Crippen LogP contribution in [0.5, 0.6) is 0 Å². The smallest absolute Gasteiger partial charge is 0.242 e. The zero-order valence-electron chi connectivity index (χ0n) is 13.9. The minimum atomic E-state index is 0. The lowest BCUT2D eigenvalue weighted by molar-refractivity contribution is -0.133. The molecule has 132 valence electrons. The Bertz CT molecular complexity index is 593. The summed E-state index contributed by atoms with van der Waals surface area (Å²) in [6, 6.07) is 8.07. The number of nitrogens with zero attached hydrogens (tertiary/aromatic N) is 2. The fourth-order valence-electron chi connectivity index (χ4n) is 3.21. The number of fused-ring (bicyclic) bond motifs is 1. The molecule has 0 bridgehead atoms. The van der Waals surface area contributed by atoms with Crippen LogP contribution in [-0.2, 0) is 9.59 Å². The van der Waals surface area contributed by atoms with E-state index in [1.165, 1.54) is 0 Å². The number of nitrogens with one attached hydrogen (secondary N) is 1. The largest absolute Gasteiger partial charge is 0.337 e. The van der Waals surface area contributed by atoms with E-state index in [2.05, 4.69) is 12.2 Å². The summed E-state index contributed by atoms with van der Waals surface area (Å²) < 4.78 is 0. The molecule has 0 aliphatic carbocycles. The van der Waals surface area contributed by atoms with Crippen molar-refractivity contribution >= 4 is 41.7 Å². The summed E-state index contributed by atoms with van der Waals surface area (Å²) >= 11 is 1.55. The predicted octanol–water partition coefficient (Wildman–Crippen LogP) is 2.15. The first-order valence-corrected chi connectivity index (χ1v) is 9.21. The van der Waals surface area contributed by atoms with Crippen LogP contribution < -0.4 is 10.2 Å². The maximum Gasteiger partial charge on any atom is 0.242 e. The number of thioether (sulfide) groups is 1. The molecule has 1 saturated heterocycles. The Hall–Kier alpha value is -1.24. The van der Waals surface area contributed by atoms with E-state index in [1.54, 1.807) is 16.7 Å². The normalized spacial score (nSPS) is 19.6. The number of rotatable bonds is 5. The van der Waals surface area contributed by atoms with Gasteiger partial charge in [-0.15, -0.1) is 24.2 Å². The Labute approximate surface area is 153 Å². The summed E-state index contributed by atoms with van der Waals surface area (Å²) in [6.07, 6.45) is 1.93. The molecule has 1 unspecified atom stereocenters. The number of hydrogen-bond donors (Lipinski definition) is 1. The molecule has 2 aliphatic rings. The Kier molecular flexibility index (Phi) is 6.95. The Morgan fingerprint density at radius 2 is 2.21 bits per heavy atom. The van der Waals surface area contributed by atoms with Crippen LogP contribution in [-0.4, -0.2) is 54.7 Å². The van der Waals surface area contributed by atoms with Gasteiger partial charge in [0.25, 0.3) is 0 Å². The van der Waals surface area contributed by atoms with Crippen LogP contribution in [0.2, 0.25) is 0 Å². The van der Waals surface area contributed by atoms with E-state index >= 15 is 0 Å². The molecule has 2 aliphatic heterocycles. The quantitative estimate of drug-likeness (QED) is 0.864. The Morgan fingerprint density at radius 1 is 1.42 bits per heavy atom. The molecule has 0 saturated carbocycles. The van der Waals surface area contributed by atoms with E-state index in [0.29, 0.717) is 5.75 Å². The lowest BCUT2D eigenvalue weighted by Crippen LogP contribution is -2.49. The molecular formula is C17H24ClN3O2S. The van der Waals surface area contributed by atoms with Gasteiger partial charge in [-0.05, 0) is 31.5 Å². The van der Waals surface area contributed by atoms with Crippen molar-refractivity contribution in [2.75, 3.05) is 36.8 Å². The molecule has 24 heavy (non-hydrogen) atoms. The summed E-state index contributed by atoms with van der Waals surface area (Å²) in [5.74, 6) is 0.474. The number of amides is 2. The third-order valence-corrected chi connectivity index (χ3v) is 5.41. The van der Waals surface area contributed by atoms with Crippen molar-refractivity contribution in [3.8, 4) is 0 Å². The minimum Gasteiger partial charge on any atom is -0.337 e. The van der Waals surface area contributed by atoms with Gasteiger partial charge in [0.05, 0.1) is 11.4 Å². The fraction of sp³-hybridized carbons (Fsp3) is 0.529. The lowest BCUT2D eigenvalue weighted by atomic mass is 10.2. The zero-order chi connectivity index (χ0) is 16.2. The molecule has 1 fully saturated rings. The Morgan fingerprint density at radius 3 is 2.92 bits per heavy atom. The van der Waals surface area contributed by atoms with Crippen LogP contribution in [0.25, 0.3) is 0 Å². The van der Waals surface area contributed by atoms with Crippen LogP contribution >= 0.6 is 24.2 Å². The molecule has 7 heteroatoms. The molecule has 0 aromatic heterocycles. The van der Waals surface area contributed by atoms with Crippen molar-refractivity contribution in [1.29, 1.82) is 0 Å². The maximum absolute atomic E-state index is 12.8. The molecule has 1 atom stereocenters. The number of hydrogen-bond acceptors (Lipinski definition) is 4. The molecule has 1 aromatic rings. The van der Waals surface area contributed by atoms with Crippen LogP contribution in [0.4, 0.5) is 5.69 Å². The first kappa shape index (κ1) is 19.1. The van der Waals surface area contributed by atoms with E-state index in [9.17, 15) is 9.59 Å². The first-order valence-electron chi connectivity index (χ1n) is 8.23. The average Bonchev–Trinajstić information content (AvgIpc) is 3.09. The molecule has 0 spiro atoms. The summed E-state index contributed by atoms with van der Waals surface area (Å²) in [5, 5.41) is 3.32. The average molecular weight is 370 g/mol. The zero-order valence-corrected chi connectivity index (χ0v) is 15.5. The van der Waals surface area contributed by atoms with E-state index in [1.807, 2.05) is 29.2 Å². The second-order valence-corrected chi connectivity index (χ2v) is 6.99. The summed E-state index contributed by atoms with van der Waals surface area (Å²) in [5.41, 5.74) is 0.864. The predicted molar refractivity (Wildman–Crippen MR) is 100 cm³/mol. The third-order valence-electron chi connectivity index (χ3n) is 4.36. The molecule has 1 N–H and O–H groups in total. The molecule has 2 heterocycles. The van der Waals surface area contributed by atoms with Crippen LogP contribution in [0.1, 0.15) is 19.8 Å². The van der Waals surface area contributed by atoms with Gasteiger partial charge in [0, 0.05) is 24.0 Å². The topological polar surface area (TPSA) is 52.7 Å². The monoisotopic (exact) mass is 369 g/mol. The van der Waals surface area contributed by atoms with Gasteiger partial charge in [-0.3, -0.25) is 9.59 Å². The van der Waals surface area contributed by atoms with Gasteiger partial charge in [-0.25, -0.2) is 0 Å². The molecular weight excluding hydrogens is 346 g/mol. The molecule has 1 aromatic carbocycles. The summed E-state index contributed by atoms with van der Waals surface area (Å²) in [6.45, 7) is 4.80. The number of carbonyl (C=O) groups is 2. The highest BCUT2D eigenvalue weighted by Gasteiger charge is 2.31. The second kappa shape index (κ2) is 8.74. The third kappa shape index (κ3) is 4.05. The van der Waals surface area contributed by atoms with Gasteiger partial charge in [-0.1, -0.05) is 19.1 Å². The highest BCUT2D eigenvalue weighted by Crippen LogP contribution is 2.34. The standard InChI is InChI=1S/C17H23N3O2S.ClH/c1-2-9-19(13-7-8-18-10-13)16(21)11-20-14-5-3-4-6-15(14)23-12-17(20)22;/h3-6,13,18H,2,7-12H2,1H3;1H. The number of benzene rings is 1. The van der Waals surface area contributed by atoms with E-state index in [-0.39, 0.29) is 36.8 Å². The highest BCUT2D eigenvalue weighted by atomic mass is 35.5. The van der Waals surface area contributed by atoms with Crippen molar-refractivity contribution in [2.24, 2.45) is 0 Å². The van der Waals surface area contributed by atoms with Gasteiger partial charge in [0.2, 0.25) is 11.8 Å². The fourth-order valence-corrected chi connectivity index (χ4v) is 4.15.